The van der Waals surface area contributed by atoms with E-state index < -0.39 is 0 Å². The van der Waals surface area contributed by atoms with Gasteiger partial charge in [0.25, 0.3) is 0 Å². The van der Waals surface area contributed by atoms with Crippen LogP contribution in [-0.4, -0.2) is 17.0 Å². The van der Waals surface area contributed by atoms with Crippen molar-refractivity contribution in [2.45, 2.75) is 25.8 Å². The number of primary amides is 1. The van der Waals surface area contributed by atoms with E-state index in [1.165, 1.54) is 5.69 Å². The maximum atomic E-state index is 10.5. The molecule has 84 valence electrons. The summed E-state index contributed by atoms with van der Waals surface area (Å²) in [5.74, 6) is -0.211. The molecule has 0 bridgehead atoms. The van der Waals surface area contributed by atoms with Gasteiger partial charge in [0.05, 0.1) is 0 Å². The van der Waals surface area contributed by atoms with E-state index in [4.69, 9.17) is 5.73 Å². The van der Waals surface area contributed by atoms with Crippen molar-refractivity contribution in [1.82, 2.24) is 9.88 Å². The largest absolute Gasteiger partial charge is 0.370 e. The fourth-order valence-electron chi connectivity index (χ4n) is 1.45. The van der Waals surface area contributed by atoms with E-state index in [1.807, 2.05) is 19.3 Å². The zero-order chi connectivity index (χ0) is 11.1. The Kier molecular flexibility index (Phi) is 4.90. The van der Waals surface area contributed by atoms with Crippen LogP contribution < -0.4 is 11.1 Å². The van der Waals surface area contributed by atoms with Crippen LogP contribution in [0.1, 0.15) is 25.0 Å². The Labute approximate surface area is 90.5 Å². The minimum Gasteiger partial charge on any atom is -0.370 e. The lowest BCUT2D eigenvalue weighted by molar-refractivity contribution is -0.118. The molecule has 1 heterocycles. The zero-order valence-electron chi connectivity index (χ0n) is 9.20. The molecule has 15 heavy (non-hydrogen) atoms. The number of aryl methyl sites for hydroxylation is 1. The molecule has 0 aliphatic rings. The lowest BCUT2D eigenvalue weighted by Gasteiger charge is -2.05. The number of nitrogens with one attached hydrogen (secondary N) is 1. The van der Waals surface area contributed by atoms with Crippen molar-refractivity contribution in [3.05, 3.63) is 24.0 Å². The molecular formula is C11H19N3O. The van der Waals surface area contributed by atoms with Crippen molar-refractivity contribution in [2.75, 3.05) is 6.54 Å². The summed E-state index contributed by atoms with van der Waals surface area (Å²) in [6, 6.07) is 4.13. The van der Waals surface area contributed by atoms with Gasteiger partial charge in [-0.25, -0.2) is 0 Å². The minimum atomic E-state index is -0.211. The molecule has 3 N–H and O–H groups in total. The van der Waals surface area contributed by atoms with E-state index in [2.05, 4.69) is 16.0 Å². The summed E-state index contributed by atoms with van der Waals surface area (Å²) in [6.45, 7) is 1.80. The van der Waals surface area contributed by atoms with Gasteiger partial charge in [-0.05, 0) is 31.5 Å². The van der Waals surface area contributed by atoms with Gasteiger partial charge in [-0.1, -0.05) is 0 Å². The van der Waals surface area contributed by atoms with Crippen LogP contribution in [0.3, 0.4) is 0 Å². The number of carbonyl (C=O) groups is 1. The molecule has 0 fully saturated rings. The molecule has 0 unspecified atom stereocenters. The van der Waals surface area contributed by atoms with E-state index >= 15 is 0 Å². The number of unbranched alkanes of at least 4 members (excludes halogenated alkanes) is 1. The zero-order valence-corrected chi connectivity index (χ0v) is 9.20. The molecule has 1 aromatic heterocycles. The SMILES string of the molecule is Cn1cccc1CNCCCCC(N)=O. The van der Waals surface area contributed by atoms with Crippen LogP contribution >= 0.6 is 0 Å². The maximum absolute atomic E-state index is 10.5. The van der Waals surface area contributed by atoms with E-state index in [0.29, 0.717) is 6.42 Å². The Balaban J connectivity index is 2.03. The number of aromatic nitrogens is 1. The van der Waals surface area contributed by atoms with E-state index in [0.717, 1.165) is 25.9 Å². The highest BCUT2D eigenvalue weighted by Crippen LogP contribution is 1.99. The van der Waals surface area contributed by atoms with Gasteiger partial charge in [-0.15, -0.1) is 0 Å². The fraction of sp³-hybridized carbons (Fsp3) is 0.545. The Morgan fingerprint density at radius 1 is 1.53 bits per heavy atom. The summed E-state index contributed by atoms with van der Waals surface area (Å²) in [7, 11) is 2.03. The number of carbonyl (C=O) groups excluding carboxylic acids is 1. The van der Waals surface area contributed by atoms with Crippen molar-refractivity contribution < 1.29 is 4.79 Å². The average Bonchev–Trinajstić information content (AvgIpc) is 2.57. The van der Waals surface area contributed by atoms with Crippen LogP contribution in [0, 0.1) is 0 Å². The molecule has 0 spiro atoms. The van der Waals surface area contributed by atoms with Crippen molar-refractivity contribution >= 4 is 5.91 Å². The number of hydrogen-bond donors (Lipinski definition) is 2. The second-order valence-electron chi connectivity index (χ2n) is 3.71. The van der Waals surface area contributed by atoms with Crippen molar-refractivity contribution in [3.8, 4) is 0 Å². The highest BCUT2D eigenvalue weighted by molar-refractivity contribution is 5.73. The summed E-state index contributed by atoms with van der Waals surface area (Å²) >= 11 is 0. The monoisotopic (exact) mass is 209 g/mol. The normalized spacial score (nSPS) is 10.5. The van der Waals surface area contributed by atoms with Crippen LogP contribution in [-0.2, 0) is 18.4 Å². The molecular weight excluding hydrogens is 190 g/mol. The fourth-order valence-corrected chi connectivity index (χ4v) is 1.45. The van der Waals surface area contributed by atoms with Crippen LogP contribution in [0.2, 0.25) is 0 Å². The molecule has 0 aliphatic heterocycles. The first kappa shape index (κ1) is 11.8. The van der Waals surface area contributed by atoms with Crippen molar-refractivity contribution in [1.29, 1.82) is 0 Å². The molecule has 4 nitrogen and oxygen atoms in total. The van der Waals surface area contributed by atoms with Gasteiger partial charge in [0.15, 0.2) is 0 Å². The second kappa shape index (κ2) is 6.24. The molecule has 0 atom stereocenters. The van der Waals surface area contributed by atoms with Gasteiger partial charge in [-0.2, -0.15) is 0 Å². The van der Waals surface area contributed by atoms with Gasteiger partial charge in [0.2, 0.25) is 5.91 Å². The summed E-state index contributed by atoms with van der Waals surface area (Å²) in [5.41, 5.74) is 6.31. The van der Waals surface area contributed by atoms with E-state index in [-0.39, 0.29) is 5.91 Å². The van der Waals surface area contributed by atoms with Crippen molar-refractivity contribution in [3.63, 3.8) is 0 Å². The first-order chi connectivity index (χ1) is 7.20. The maximum Gasteiger partial charge on any atom is 0.217 e. The van der Waals surface area contributed by atoms with E-state index in [1.54, 1.807) is 0 Å². The first-order valence-electron chi connectivity index (χ1n) is 5.29. The third-order valence-corrected chi connectivity index (χ3v) is 2.38. The van der Waals surface area contributed by atoms with Crippen LogP contribution in [0.4, 0.5) is 0 Å². The molecule has 4 heteroatoms. The molecule has 0 saturated heterocycles. The topological polar surface area (TPSA) is 60.1 Å². The summed E-state index contributed by atoms with van der Waals surface area (Å²) < 4.78 is 2.09. The third-order valence-electron chi connectivity index (χ3n) is 2.38. The predicted octanol–water partition coefficient (Wildman–Crippen LogP) is 0.770. The summed E-state index contributed by atoms with van der Waals surface area (Å²) in [5, 5.41) is 3.33. The van der Waals surface area contributed by atoms with Gasteiger partial charge in [-0.3, -0.25) is 4.79 Å². The number of amides is 1. The lowest BCUT2D eigenvalue weighted by atomic mass is 10.2. The molecule has 0 aromatic carbocycles. The van der Waals surface area contributed by atoms with E-state index in [9.17, 15) is 4.79 Å². The Bertz CT molecular complexity index is 307. The Hall–Kier alpha value is -1.29. The first-order valence-corrected chi connectivity index (χ1v) is 5.29. The molecule has 0 aliphatic carbocycles. The van der Waals surface area contributed by atoms with Gasteiger partial charge >= 0.3 is 0 Å². The summed E-state index contributed by atoms with van der Waals surface area (Å²) in [6.07, 6.45) is 4.39. The quantitative estimate of drug-likeness (QED) is 0.652. The van der Waals surface area contributed by atoms with Crippen LogP contribution in [0.25, 0.3) is 0 Å². The van der Waals surface area contributed by atoms with Gasteiger partial charge < -0.3 is 15.6 Å². The summed E-state index contributed by atoms with van der Waals surface area (Å²) in [4.78, 5) is 10.5. The highest BCUT2D eigenvalue weighted by Gasteiger charge is 1.97. The third kappa shape index (κ3) is 4.65. The predicted molar refractivity (Wildman–Crippen MR) is 60.2 cm³/mol. The molecule has 0 saturated carbocycles. The number of nitrogens with two attached hydrogens (primary N) is 1. The number of hydrogen-bond acceptors (Lipinski definition) is 2. The van der Waals surface area contributed by atoms with Crippen LogP contribution in [0.5, 0.6) is 0 Å². The Morgan fingerprint density at radius 3 is 2.93 bits per heavy atom. The van der Waals surface area contributed by atoms with Crippen LogP contribution in [0.15, 0.2) is 18.3 Å². The standard InChI is InChI=1S/C11H19N3O/c1-14-8-4-5-10(14)9-13-7-3-2-6-11(12)15/h4-5,8,13H,2-3,6-7,9H2,1H3,(H2,12,15). The number of nitrogens with zero attached hydrogens (tertiary/aromatic N) is 1. The molecule has 0 radical (unpaired) electrons. The highest BCUT2D eigenvalue weighted by atomic mass is 16.1. The van der Waals surface area contributed by atoms with Gasteiger partial charge in [0.1, 0.15) is 0 Å². The average molecular weight is 209 g/mol. The Morgan fingerprint density at radius 2 is 2.33 bits per heavy atom. The van der Waals surface area contributed by atoms with Crippen molar-refractivity contribution in [2.24, 2.45) is 12.8 Å². The second-order valence-corrected chi connectivity index (χ2v) is 3.71. The lowest BCUT2D eigenvalue weighted by Crippen LogP contribution is -2.17. The smallest absolute Gasteiger partial charge is 0.217 e. The molecule has 1 amide bonds. The minimum absolute atomic E-state index is 0.211. The van der Waals surface area contributed by atoms with Gasteiger partial charge in [0, 0.05) is 31.9 Å². The molecule has 1 rings (SSSR count). The molecule has 1 aromatic rings. The number of rotatable bonds is 7.